The normalized spacial score (nSPS) is 11.1. The molecule has 4 aromatic rings. The number of hydrogen-bond acceptors (Lipinski definition) is 4. The van der Waals surface area contributed by atoms with Crippen LogP contribution in [-0.4, -0.2) is 24.8 Å². The molecule has 4 rings (SSSR count). The number of aromatic nitrogens is 4. The summed E-state index contributed by atoms with van der Waals surface area (Å²) in [5.41, 5.74) is 3.57. The van der Waals surface area contributed by atoms with Crippen molar-refractivity contribution in [2.45, 2.75) is 53.4 Å². The van der Waals surface area contributed by atoms with Gasteiger partial charge in [0.1, 0.15) is 12.1 Å². The third kappa shape index (κ3) is 4.71. The standard InChI is InChI=1S/C26H29N5O3/c1-4-31-24-23(19(3)28-31)30(17-22(32)27-16-21-12-10-18(2)11-13-21)26(34)29(25(24)33)15-14-20-8-6-5-7-9-20/h5-13H,4,14-17H2,1-3H3,(H,27,32). The second-order valence-corrected chi connectivity index (χ2v) is 8.42. The first-order valence-corrected chi connectivity index (χ1v) is 11.5. The lowest BCUT2D eigenvalue weighted by Crippen LogP contribution is -2.43. The van der Waals surface area contributed by atoms with E-state index in [9.17, 15) is 14.4 Å². The summed E-state index contributed by atoms with van der Waals surface area (Å²) in [6.07, 6.45) is 0.528. The summed E-state index contributed by atoms with van der Waals surface area (Å²) in [4.78, 5) is 39.6. The molecule has 0 aliphatic heterocycles. The molecule has 0 atom stereocenters. The highest BCUT2D eigenvalue weighted by atomic mass is 16.2. The van der Waals surface area contributed by atoms with E-state index in [2.05, 4.69) is 10.4 Å². The van der Waals surface area contributed by atoms with Crippen LogP contribution in [0.15, 0.2) is 64.2 Å². The second-order valence-electron chi connectivity index (χ2n) is 8.42. The van der Waals surface area contributed by atoms with Gasteiger partial charge in [0.15, 0.2) is 5.52 Å². The van der Waals surface area contributed by atoms with Crippen LogP contribution in [0, 0.1) is 13.8 Å². The number of amides is 1. The van der Waals surface area contributed by atoms with E-state index in [0.717, 1.165) is 16.7 Å². The van der Waals surface area contributed by atoms with Crippen molar-refractivity contribution in [3.63, 3.8) is 0 Å². The highest BCUT2D eigenvalue weighted by Crippen LogP contribution is 2.14. The summed E-state index contributed by atoms with van der Waals surface area (Å²) in [7, 11) is 0. The molecule has 2 heterocycles. The van der Waals surface area contributed by atoms with Gasteiger partial charge in [-0.2, -0.15) is 5.10 Å². The van der Waals surface area contributed by atoms with Crippen LogP contribution in [0.2, 0.25) is 0 Å². The van der Waals surface area contributed by atoms with E-state index in [0.29, 0.717) is 36.2 Å². The molecule has 0 saturated heterocycles. The van der Waals surface area contributed by atoms with E-state index in [4.69, 9.17) is 0 Å². The van der Waals surface area contributed by atoms with Crippen LogP contribution in [0.4, 0.5) is 0 Å². The molecule has 34 heavy (non-hydrogen) atoms. The first-order chi connectivity index (χ1) is 16.4. The Morgan fingerprint density at radius 2 is 1.62 bits per heavy atom. The van der Waals surface area contributed by atoms with Crippen molar-refractivity contribution in [1.82, 2.24) is 24.2 Å². The van der Waals surface area contributed by atoms with Gasteiger partial charge in [-0.3, -0.25) is 23.4 Å². The number of carbonyl (C=O) groups excluding carboxylic acids is 1. The van der Waals surface area contributed by atoms with Crippen molar-refractivity contribution in [1.29, 1.82) is 0 Å². The molecule has 0 radical (unpaired) electrons. The lowest BCUT2D eigenvalue weighted by atomic mass is 10.1. The number of nitrogens with zero attached hydrogens (tertiary/aromatic N) is 4. The number of fused-ring (bicyclic) bond motifs is 1. The average Bonchev–Trinajstić information content (AvgIpc) is 3.18. The van der Waals surface area contributed by atoms with Gasteiger partial charge in [0.2, 0.25) is 5.91 Å². The Kier molecular flexibility index (Phi) is 6.77. The van der Waals surface area contributed by atoms with Crippen LogP contribution in [0.25, 0.3) is 11.0 Å². The van der Waals surface area contributed by atoms with Crippen molar-refractivity contribution in [3.8, 4) is 0 Å². The zero-order valence-electron chi connectivity index (χ0n) is 19.7. The van der Waals surface area contributed by atoms with Gasteiger partial charge in [0, 0.05) is 19.6 Å². The van der Waals surface area contributed by atoms with Crippen molar-refractivity contribution in [2.75, 3.05) is 0 Å². The highest BCUT2D eigenvalue weighted by Gasteiger charge is 2.21. The van der Waals surface area contributed by atoms with Crippen LogP contribution >= 0.6 is 0 Å². The number of benzene rings is 2. The maximum absolute atomic E-state index is 13.4. The van der Waals surface area contributed by atoms with E-state index in [1.54, 1.807) is 11.6 Å². The highest BCUT2D eigenvalue weighted by molar-refractivity contribution is 5.81. The van der Waals surface area contributed by atoms with Crippen molar-refractivity contribution >= 4 is 16.9 Å². The predicted molar refractivity (Wildman–Crippen MR) is 132 cm³/mol. The SMILES string of the molecule is CCn1nc(C)c2c1c(=O)n(CCc1ccccc1)c(=O)n2CC(=O)NCc1ccc(C)cc1. The van der Waals surface area contributed by atoms with Crippen LogP contribution in [0.5, 0.6) is 0 Å². The Labute approximate surface area is 197 Å². The summed E-state index contributed by atoms with van der Waals surface area (Å²) in [6.45, 7) is 6.52. The minimum atomic E-state index is -0.502. The van der Waals surface area contributed by atoms with Crippen LogP contribution in [0.3, 0.4) is 0 Å². The summed E-state index contributed by atoms with van der Waals surface area (Å²) >= 11 is 0. The number of hydrogen-bond donors (Lipinski definition) is 1. The van der Waals surface area contributed by atoms with Crippen molar-refractivity contribution in [2.24, 2.45) is 0 Å². The molecule has 0 aliphatic rings. The summed E-state index contributed by atoms with van der Waals surface area (Å²) in [5, 5.41) is 7.33. The molecule has 176 valence electrons. The van der Waals surface area contributed by atoms with Crippen molar-refractivity contribution in [3.05, 3.63) is 97.8 Å². The van der Waals surface area contributed by atoms with Gasteiger partial charge in [0.05, 0.1) is 5.69 Å². The number of rotatable bonds is 8. The lowest BCUT2D eigenvalue weighted by Gasteiger charge is -2.13. The molecular formula is C26H29N5O3. The van der Waals surface area contributed by atoms with E-state index in [1.807, 2.05) is 68.4 Å². The van der Waals surface area contributed by atoms with E-state index in [1.165, 1.54) is 9.13 Å². The van der Waals surface area contributed by atoms with Gasteiger partial charge >= 0.3 is 5.69 Å². The monoisotopic (exact) mass is 459 g/mol. The molecule has 1 amide bonds. The minimum absolute atomic E-state index is 0.191. The molecule has 2 aromatic carbocycles. The maximum atomic E-state index is 13.4. The quantitative estimate of drug-likeness (QED) is 0.438. The fourth-order valence-corrected chi connectivity index (χ4v) is 4.13. The second kappa shape index (κ2) is 9.91. The molecule has 2 aromatic heterocycles. The third-order valence-corrected chi connectivity index (χ3v) is 5.95. The molecule has 8 heteroatoms. The largest absolute Gasteiger partial charge is 0.350 e. The predicted octanol–water partition coefficient (Wildman–Crippen LogP) is 2.56. The Morgan fingerprint density at radius 3 is 2.29 bits per heavy atom. The first kappa shape index (κ1) is 23.2. The van der Waals surface area contributed by atoms with Gasteiger partial charge in [0.25, 0.3) is 5.56 Å². The Hall–Kier alpha value is -3.94. The molecule has 0 unspecified atom stereocenters. The topological polar surface area (TPSA) is 90.9 Å². The molecule has 0 bridgehead atoms. The van der Waals surface area contributed by atoms with Gasteiger partial charge in [-0.25, -0.2) is 4.79 Å². The average molecular weight is 460 g/mol. The fourth-order valence-electron chi connectivity index (χ4n) is 4.13. The van der Waals surface area contributed by atoms with Crippen LogP contribution < -0.4 is 16.6 Å². The van der Waals surface area contributed by atoms with Gasteiger partial charge in [-0.05, 0) is 38.3 Å². The zero-order valence-corrected chi connectivity index (χ0v) is 19.7. The maximum Gasteiger partial charge on any atom is 0.332 e. The van der Waals surface area contributed by atoms with Crippen LogP contribution in [0.1, 0.15) is 29.3 Å². The molecule has 1 N–H and O–H groups in total. The molecule has 0 aliphatic carbocycles. The van der Waals surface area contributed by atoms with Gasteiger partial charge in [-0.15, -0.1) is 0 Å². The Bertz CT molecular complexity index is 1430. The van der Waals surface area contributed by atoms with Crippen LogP contribution in [-0.2, 0) is 37.4 Å². The Balaban J connectivity index is 1.68. The Morgan fingerprint density at radius 1 is 0.912 bits per heavy atom. The first-order valence-electron chi connectivity index (χ1n) is 11.5. The van der Waals surface area contributed by atoms with E-state index in [-0.39, 0.29) is 24.6 Å². The van der Waals surface area contributed by atoms with Crippen molar-refractivity contribution < 1.29 is 4.79 Å². The number of nitrogens with one attached hydrogen (secondary N) is 1. The fraction of sp³-hybridized carbons (Fsp3) is 0.308. The smallest absolute Gasteiger partial charge is 0.332 e. The van der Waals surface area contributed by atoms with E-state index < -0.39 is 5.69 Å². The zero-order chi connectivity index (χ0) is 24.2. The third-order valence-electron chi connectivity index (χ3n) is 5.95. The van der Waals surface area contributed by atoms with Gasteiger partial charge < -0.3 is 5.32 Å². The van der Waals surface area contributed by atoms with E-state index >= 15 is 0 Å². The minimum Gasteiger partial charge on any atom is -0.350 e. The summed E-state index contributed by atoms with van der Waals surface area (Å²) in [6, 6.07) is 17.6. The molecule has 0 spiro atoms. The summed E-state index contributed by atoms with van der Waals surface area (Å²) < 4.78 is 4.20. The number of aryl methyl sites for hydroxylation is 4. The lowest BCUT2D eigenvalue weighted by molar-refractivity contribution is -0.121. The molecule has 8 nitrogen and oxygen atoms in total. The molecule has 0 fully saturated rings. The summed E-state index contributed by atoms with van der Waals surface area (Å²) in [5.74, 6) is -0.305. The number of carbonyl (C=O) groups is 1. The molecular weight excluding hydrogens is 430 g/mol. The molecule has 0 saturated carbocycles. The van der Waals surface area contributed by atoms with Gasteiger partial charge in [-0.1, -0.05) is 60.2 Å².